The smallest absolute Gasteiger partial charge is 0.414 e. The standard InChI is InChI=1S/C19H24ClN5O4/c1-9-11-7-27-10(2)28-13(11)6-12(9)25-8-21-14-15(20)22-17(23-16(14)25)24-18(26)29-19(3,4)5/h8,10-13H,1,6-7H2,2-5H3,(H,22,23,24,26)/t10-,11-,12-,13-/m0/s1. The number of rotatable bonds is 2. The summed E-state index contributed by atoms with van der Waals surface area (Å²) in [6.07, 6.45) is 1.54. The zero-order valence-electron chi connectivity index (χ0n) is 16.8. The van der Waals surface area contributed by atoms with Crippen molar-refractivity contribution in [3.8, 4) is 0 Å². The molecule has 0 bridgehead atoms. The van der Waals surface area contributed by atoms with Crippen LogP contribution >= 0.6 is 11.6 Å². The summed E-state index contributed by atoms with van der Waals surface area (Å²) in [4.78, 5) is 25.0. The Hall–Kier alpha value is -2.23. The summed E-state index contributed by atoms with van der Waals surface area (Å²) < 4.78 is 18.7. The molecule has 156 valence electrons. The first-order valence-corrected chi connectivity index (χ1v) is 9.86. The lowest BCUT2D eigenvalue weighted by Gasteiger charge is -2.30. The Morgan fingerprint density at radius 1 is 1.41 bits per heavy atom. The minimum atomic E-state index is -0.658. The summed E-state index contributed by atoms with van der Waals surface area (Å²) in [5, 5.41) is 2.68. The van der Waals surface area contributed by atoms with Gasteiger partial charge in [-0.1, -0.05) is 18.2 Å². The third-order valence-electron chi connectivity index (χ3n) is 5.01. The highest BCUT2D eigenvalue weighted by atomic mass is 35.5. The van der Waals surface area contributed by atoms with Gasteiger partial charge in [-0.2, -0.15) is 9.97 Å². The van der Waals surface area contributed by atoms with Crippen LogP contribution in [-0.2, 0) is 14.2 Å². The molecule has 29 heavy (non-hydrogen) atoms. The van der Waals surface area contributed by atoms with E-state index in [0.717, 1.165) is 12.0 Å². The van der Waals surface area contributed by atoms with Gasteiger partial charge in [-0.15, -0.1) is 0 Å². The van der Waals surface area contributed by atoms with E-state index in [-0.39, 0.29) is 35.5 Å². The molecule has 2 aliphatic rings. The molecule has 0 spiro atoms. The number of anilines is 1. The van der Waals surface area contributed by atoms with E-state index in [1.165, 1.54) is 0 Å². The van der Waals surface area contributed by atoms with Crippen LogP contribution in [0.1, 0.15) is 40.2 Å². The molecule has 1 saturated carbocycles. The van der Waals surface area contributed by atoms with Gasteiger partial charge in [0.05, 0.1) is 25.1 Å². The maximum Gasteiger partial charge on any atom is 0.414 e. The van der Waals surface area contributed by atoms with Crippen LogP contribution in [0.5, 0.6) is 0 Å². The second kappa shape index (κ2) is 7.23. The van der Waals surface area contributed by atoms with Gasteiger partial charge in [0.15, 0.2) is 17.1 Å². The molecule has 2 fully saturated rings. The van der Waals surface area contributed by atoms with Gasteiger partial charge in [-0.05, 0) is 39.7 Å². The third kappa shape index (κ3) is 3.94. The van der Waals surface area contributed by atoms with E-state index in [0.29, 0.717) is 17.8 Å². The highest BCUT2D eigenvalue weighted by Crippen LogP contribution is 2.44. The number of nitrogens with one attached hydrogen (secondary N) is 1. The molecule has 0 radical (unpaired) electrons. The van der Waals surface area contributed by atoms with Crippen LogP contribution in [0.25, 0.3) is 11.2 Å². The van der Waals surface area contributed by atoms with Gasteiger partial charge >= 0.3 is 6.09 Å². The summed E-state index contributed by atoms with van der Waals surface area (Å²) in [6, 6.07) is -0.0655. The average molecular weight is 422 g/mol. The summed E-state index contributed by atoms with van der Waals surface area (Å²) in [5.41, 5.74) is 1.32. The van der Waals surface area contributed by atoms with E-state index in [2.05, 4.69) is 26.8 Å². The molecule has 3 heterocycles. The van der Waals surface area contributed by atoms with E-state index < -0.39 is 11.7 Å². The molecule has 1 aliphatic carbocycles. The quantitative estimate of drug-likeness (QED) is 0.582. The first-order valence-electron chi connectivity index (χ1n) is 9.48. The fourth-order valence-corrected chi connectivity index (χ4v) is 3.98. The van der Waals surface area contributed by atoms with Gasteiger partial charge in [0, 0.05) is 5.92 Å². The summed E-state index contributed by atoms with van der Waals surface area (Å²) >= 11 is 6.29. The van der Waals surface area contributed by atoms with E-state index in [1.807, 2.05) is 11.5 Å². The number of aromatic nitrogens is 4. The van der Waals surface area contributed by atoms with Crippen molar-refractivity contribution < 1.29 is 19.0 Å². The Morgan fingerprint density at radius 2 is 2.17 bits per heavy atom. The van der Waals surface area contributed by atoms with Crippen molar-refractivity contribution in [1.82, 2.24) is 19.5 Å². The van der Waals surface area contributed by atoms with Gasteiger partial charge in [0.1, 0.15) is 11.1 Å². The predicted octanol–water partition coefficient (Wildman–Crippen LogP) is 3.71. The van der Waals surface area contributed by atoms with E-state index in [9.17, 15) is 4.79 Å². The number of carbonyl (C=O) groups excluding carboxylic acids is 1. The predicted molar refractivity (Wildman–Crippen MR) is 107 cm³/mol. The minimum absolute atomic E-state index is 0.0327. The first-order chi connectivity index (χ1) is 13.6. The lowest BCUT2D eigenvalue weighted by atomic mass is 10.0. The molecule has 4 rings (SSSR count). The molecule has 4 atom stereocenters. The van der Waals surface area contributed by atoms with Crippen molar-refractivity contribution in [3.05, 3.63) is 23.6 Å². The number of fused-ring (bicyclic) bond motifs is 2. The molecular weight excluding hydrogens is 398 g/mol. The van der Waals surface area contributed by atoms with Gasteiger partial charge in [-0.25, -0.2) is 9.78 Å². The fraction of sp³-hybridized carbons (Fsp3) is 0.579. The first kappa shape index (κ1) is 20.1. The van der Waals surface area contributed by atoms with Crippen LogP contribution in [0, 0.1) is 5.92 Å². The SMILES string of the molecule is C=C1[C@@H]2CO[C@H](C)O[C@H]2C[C@@H]1n1cnc2c(Cl)nc(NC(=O)OC(C)(C)C)nc21. The minimum Gasteiger partial charge on any atom is -0.444 e. The number of hydrogen-bond donors (Lipinski definition) is 1. The number of ether oxygens (including phenoxy) is 3. The number of halogens is 1. The Morgan fingerprint density at radius 3 is 2.90 bits per heavy atom. The average Bonchev–Trinajstić information content (AvgIpc) is 3.14. The molecule has 2 aromatic heterocycles. The number of hydrogen-bond acceptors (Lipinski definition) is 7. The zero-order chi connectivity index (χ0) is 20.9. The molecule has 1 amide bonds. The molecule has 1 aliphatic heterocycles. The van der Waals surface area contributed by atoms with Gasteiger partial charge < -0.3 is 18.8 Å². The molecule has 0 unspecified atom stereocenters. The lowest BCUT2D eigenvalue weighted by Crippen LogP contribution is -2.35. The Balaban J connectivity index is 1.63. The van der Waals surface area contributed by atoms with Crippen LogP contribution in [-0.4, -0.2) is 50.2 Å². The zero-order valence-corrected chi connectivity index (χ0v) is 17.6. The third-order valence-corrected chi connectivity index (χ3v) is 5.28. The molecule has 0 aromatic carbocycles. The molecule has 2 aromatic rings. The van der Waals surface area contributed by atoms with Gasteiger partial charge in [-0.3, -0.25) is 5.32 Å². The molecular formula is C19H24ClN5O4. The highest BCUT2D eigenvalue weighted by molar-refractivity contribution is 6.33. The van der Waals surface area contributed by atoms with Crippen LogP contribution in [0.3, 0.4) is 0 Å². The Kier molecular flexibility index (Phi) is 5.00. The van der Waals surface area contributed by atoms with Gasteiger partial charge in [0.2, 0.25) is 5.95 Å². The van der Waals surface area contributed by atoms with E-state index >= 15 is 0 Å². The summed E-state index contributed by atoms with van der Waals surface area (Å²) in [6.45, 7) is 12.1. The molecule has 9 nitrogen and oxygen atoms in total. The Labute approximate surface area is 173 Å². The van der Waals surface area contributed by atoms with E-state index in [1.54, 1.807) is 27.1 Å². The monoisotopic (exact) mass is 421 g/mol. The number of imidazole rings is 1. The largest absolute Gasteiger partial charge is 0.444 e. The van der Waals surface area contributed by atoms with Crippen molar-refractivity contribution in [1.29, 1.82) is 0 Å². The maximum atomic E-state index is 12.1. The molecule has 1 saturated heterocycles. The highest BCUT2D eigenvalue weighted by Gasteiger charge is 2.43. The fourth-order valence-electron chi connectivity index (χ4n) is 3.76. The normalized spacial score (nSPS) is 27.1. The number of carbonyl (C=O) groups is 1. The second-order valence-electron chi connectivity index (χ2n) is 8.30. The van der Waals surface area contributed by atoms with Crippen LogP contribution < -0.4 is 5.32 Å². The van der Waals surface area contributed by atoms with Crippen molar-refractivity contribution in [2.24, 2.45) is 5.92 Å². The molecule has 1 N–H and O–H groups in total. The van der Waals surface area contributed by atoms with Crippen molar-refractivity contribution in [2.45, 2.75) is 58.2 Å². The lowest BCUT2D eigenvalue weighted by molar-refractivity contribution is -0.215. The van der Waals surface area contributed by atoms with Crippen LogP contribution in [0.15, 0.2) is 18.5 Å². The maximum absolute atomic E-state index is 12.1. The number of nitrogens with zero attached hydrogens (tertiary/aromatic N) is 4. The van der Waals surface area contributed by atoms with Crippen LogP contribution in [0.4, 0.5) is 10.7 Å². The summed E-state index contributed by atoms with van der Waals surface area (Å²) in [5.74, 6) is 0.165. The topological polar surface area (TPSA) is 100 Å². The Bertz CT molecular complexity index is 969. The number of amides is 1. The van der Waals surface area contributed by atoms with Crippen molar-refractivity contribution in [3.63, 3.8) is 0 Å². The van der Waals surface area contributed by atoms with Crippen molar-refractivity contribution >= 4 is 34.8 Å². The second-order valence-corrected chi connectivity index (χ2v) is 8.66. The molecule has 10 heteroatoms. The van der Waals surface area contributed by atoms with E-state index in [4.69, 9.17) is 25.8 Å². The van der Waals surface area contributed by atoms with Crippen molar-refractivity contribution in [2.75, 3.05) is 11.9 Å². The summed E-state index contributed by atoms with van der Waals surface area (Å²) in [7, 11) is 0. The van der Waals surface area contributed by atoms with Gasteiger partial charge in [0.25, 0.3) is 0 Å². The van der Waals surface area contributed by atoms with Crippen LogP contribution in [0.2, 0.25) is 5.15 Å².